The maximum atomic E-state index is 13.0. The van der Waals surface area contributed by atoms with Crippen molar-refractivity contribution in [3.05, 3.63) is 51.8 Å². The Bertz CT molecular complexity index is 608. The fourth-order valence-electron chi connectivity index (χ4n) is 1.79. The lowest BCUT2D eigenvalue weighted by Gasteiger charge is -2.17. The maximum absolute atomic E-state index is 13.0. The van der Waals surface area contributed by atoms with E-state index >= 15 is 0 Å². The van der Waals surface area contributed by atoms with Crippen LogP contribution in [0, 0.1) is 0 Å². The van der Waals surface area contributed by atoms with Gasteiger partial charge in [-0.1, -0.05) is 23.2 Å². The van der Waals surface area contributed by atoms with E-state index in [0.29, 0.717) is 5.69 Å². The number of aliphatic hydroxyl groups is 1. The Kier molecular flexibility index (Phi) is 3.80. The summed E-state index contributed by atoms with van der Waals surface area (Å²) in [6.45, 7) is -0.400. The molecule has 0 saturated carbocycles. The van der Waals surface area contributed by atoms with Crippen molar-refractivity contribution in [1.29, 1.82) is 0 Å². The number of aliphatic hydroxyl groups excluding tert-OH is 1. The van der Waals surface area contributed by atoms with Crippen LogP contribution >= 0.6 is 23.2 Å². The molecule has 0 spiro atoms. The van der Waals surface area contributed by atoms with Gasteiger partial charge in [-0.25, -0.2) is 0 Å². The van der Waals surface area contributed by atoms with Crippen LogP contribution in [0.5, 0.6) is 0 Å². The number of benzene rings is 1. The molecule has 7 heteroatoms. The first-order valence-electron chi connectivity index (χ1n) is 5.18. The van der Waals surface area contributed by atoms with Gasteiger partial charge in [-0.15, -0.1) is 0 Å². The third-order valence-corrected chi connectivity index (χ3v) is 3.08. The highest BCUT2D eigenvalue weighted by Crippen LogP contribution is 2.39. The highest BCUT2D eigenvalue weighted by Gasteiger charge is 2.35. The molecule has 2 aromatic rings. The molecule has 102 valence electrons. The molecule has 1 aromatic heterocycles. The van der Waals surface area contributed by atoms with Gasteiger partial charge in [0.05, 0.1) is 22.9 Å². The summed E-state index contributed by atoms with van der Waals surface area (Å²) in [6, 6.07) is 5.07. The van der Waals surface area contributed by atoms with Crippen LogP contribution in [0.15, 0.2) is 30.5 Å². The molecule has 1 aromatic carbocycles. The van der Waals surface area contributed by atoms with E-state index in [9.17, 15) is 13.2 Å². The highest BCUT2D eigenvalue weighted by molar-refractivity contribution is 6.36. The van der Waals surface area contributed by atoms with Crippen molar-refractivity contribution in [3.63, 3.8) is 0 Å². The highest BCUT2D eigenvalue weighted by atomic mass is 35.5. The minimum absolute atomic E-state index is 0.0984. The van der Waals surface area contributed by atoms with E-state index < -0.39 is 18.3 Å². The zero-order chi connectivity index (χ0) is 14.2. The van der Waals surface area contributed by atoms with Gasteiger partial charge in [-0.05, 0) is 24.3 Å². The summed E-state index contributed by atoms with van der Waals surface area (Å²) in [4.78, 5) is 0. The molecule has 0 fully saturated rings. The number of rotatable bonds is 2. The Morgan fingerprint density at radius 2 is 1.89 bits per heavy atom. The molecule has 0 amide bonds. The molecule has 0 saturated heterocycles. The molecule has 1 heterocycles. The number of nitrogens with zero attached hydrogens (tertiary/aromatic N) is 1. The minimum atomic E-state index is -4.60. The van der Waals surface area contributed by atoms with Crippen LogP contribution in [0.2, 0.25) is 10.0 Å². The fraction of sp³-hybridized carbons (Fsp3) is 0.167. The first kappa shape index (κ1) is 14.2. The molecular formula is C12H8Cl2F3NO. The zero-order valence-electron chi connectivity index (χ0n) is 9.38. The van der Waals surface area contributed by atoms with Gasteiger partial charge >= 0.3 is 6.18 Å². The third kappa shape index (κ3) is 2.73. The van der Waals surface area contributed by atoms with Crippen molar-refractivity contribution in [2.24, 2.45) is 0 Å². The maximum Gasteiger partial charge on any atom is 0.418 e. The lowest BCUT2D eigenvalue weighted by atomic mass is 10.1. The molecule has 0 aliphatic carbocycles. The molecule has 2 nitrogen and oxygen atoms in total. The summed E-state index contributed by atoms with van der Waals surface area (Å²) >= 11 is 11.5. The van der Waals surface area contributed by atoms with E-state index in [1.165, 1.54) is 29.0 Å². The van der Waals surface area contributed by atoms with Crippen LogP contribution in [0.25, 0.3) is 5.69 Å². The van der Waals surface area contributed by atoms with E-state index in [1.807, 2.05) is 0 Å². The van der Waals surface area contributed by atoms with Crippen LogP contribution in [0.3, 0.4) is 0 Å². The number of hydrogen-bond acceptors (Lipinski definition) is 1. The average Bonchev–Trinajstić information content (AvgIpc) is 2.74. The fourth-order valence-corrected chi connectivity index (χ4v) is 2.37. The van der Waals surface area contributed by atoms with Crippen LogP contribution in [-0.2, 0) is 12.8 Å². The molecule has 0 atom stereocenters. The monoisotopic (exact) mass is 309 g/mol. The van der Waals surface area contributed by atoms with Gasteiger partial charge in [0.25, 0.3) is 0 Å². The predicted molar refractivity (Wildman–Crippen MR) is 66.7 cm³/mol. The van der Waals surface area contributed by atoms with E-state index in [4.69, 9.17) is 28.3 Å². The van der Waals surface area contributed by atoms with Crippen molar-refractivity contribution in [1.82, 2.24) is 4.57 Å². The molecule has 0 aliphatic heterocycles. The Morgan fingerprint density at radius 1 is 1.21 bits per heavy atom. The Labute approximate surface area is 117 Å². The van der Waals surface area contributed by atoms with Crippen molar-refractivity contribution in [3.8, 4) is 5.69 Å². The first-order valence-corrected chi connectivity index (χ1v) is 5.94. The lowest BCUT2D eigenvalue weighted by Crippen LogP contribution is -2.12. The molecule has 2 rings (SSSR count). The molecule has 0 radical (unpaired) electrons. The van der Waals surface area contributed by atoms with Gasteiger partial charge in [-0.3, -0.25) is 0 Å². The summed E-state index contributed by atoms with van der Waals surface area (Å²) in [7, 11) is 0. The number of halogens is 5. The number of alkyl halides is 3. The van der Waals surface area contributed by atoms with Crippen molar-refractivity contribution < 1.29 is 18.3 Å². The van der Waals surface area contributed by atoms with Gasteiger partial charge in [0.1, 0.15) is 0 Å². The second-order valence-corrected chi connectivity index (χ2v) is 4.65. The molecule has 0 aliphatic rings. The van der Waals surface area contributed by atoms with Crippen LogP contribution < -0.4 is 0 Å². The zero-order valence-corrected chi connectivity index (χ0v) is 10.9. The summed E-state index contributed by atoms with van der Waals surface area (Å²) in [5.41, 5.74) is -0.891. The van der Waals surface area contributed by atoms with Crippen LogP contribution in [-0.4, -0.2) is 9.67 Å². The summed E-state index contributed by atoms with van der Waals surface area (Å²) < 4.78 is 40.3. The quantitative estimate of drug-likeness (QED) is 0.879. The van der Waals surface area contributed by atoms with Crippen molar-refractivity contribution in [2.75, 3.05) is 0 Å². The second-order valence-electron chi connectivity index (χ2n) is 3.81. The van der Waals surface area contributed by atoms with Crippen molar-refractivity contribution in [2.45, 2.75) is 12.8 Å². The standard InChI is InChI=1S/C12H8Cl2F3NO/c13-7-4-9(12(15,16)17)11(10(14)5-7)18-3-1-2-8(18)6-19/h1-5,19H,6H2. The third-order valence-electron chi connectivity index (χ3n) is 2.57. The van der Waals surface area contributed by atoms with Crippen molar-refractivity contribution >= 4 is 23.2 Å². The summed E-state index contributed by atoms with van der Waals surface area (Å²) in [5.74, 6) is 0. The Balaban J connectivity index is 2.76. The molecule has 19 heavy (non-hydrogen) atoms. The topological polar surface area (TPSA) is 25.2 Å². The Hall–Kier alpha value is -1.17. The molecule has 0 bridgehead atoms. The molecule has 0 unspecified atom stereocenters. The van der Waals surface area contributed by atoms with Crippen LogP contribution in [0.4, 0.5) is 13.2 Å². The van der Waals surface area contributed by atoms with E-state index in [-0.39, 0.29) is 15.7 Å². The SMILES string of the molecule is OCc1cccn1-c1c(Cl)cc(Cl)cc1C(F)(F)F. The summed E-state index contributed by atoms with van der Waals surface area (Å²) in [5, 5.41) is 8.90. The van der Waals surface area contributed by atoms with E-state index in [2.05, 4.69) is 0 Å². The smallest absolute Gasteiger partial charge is 0.390 e. The van der Waals surface area contributed by atoms with Gasteiger partial charge in [-0.2, -0.15) is 13.2 Å². The first-order chi connectivity index (χ1) is 8.84. The van der Waals surface area contributed by atoms with Gasteiger partial charge < -0.3 is 9.67 Å². The molecular weight excluding hydrogens is 302 g/mol. The van der Waals surface area contributed by atoms with E-state index in [1.54, 1.807) is 0 Å². The van der Waals surface area contributed by atoms with Gasteiger partial charge in [0.2, 0.25) is 0 Å². The molecule has 1 N–H and O–H groups in total. The van der Waals surface area contributed by atoms with Gasteiger partial charge in [0.15, 0.2) is 0 Å². The minimum Gasteiger partial charge on any atom is -0.390 e. The number of aromatic nitrogens is 1. The predicted octanol–water partition coefficient (Wildman–Crippen LogP) is 4.30. The normalized spacial score (nSPS) is 11.9. The number of hydrogen-bond donors (Lipinski definition) is 1. The van der Waals surface area contributed by atoms with Gasteiger partial charge in [0, 0.05) is 16.9 Å². The Morgan fingerprint density at radius 3 is 2.47 bits per heavy atom. The van der Waals surface area contributed by atoms with Crippen LogP contribution in [0.1, 0.15) is 11.3 Å². The average molecular weight is 310 g/mol. The largest absolute Gasteiger partial charge is 0.418 e. The second kappa shape index (κ2) is 5.07. The van der Waals surface area contributed by atoms with E-state index in [0.717, 1.165) is 6.07 Å². The lowest BCUT2D eigenvalue weighted by molar-refractivity contribution is -0.137. The summed E-state index contributed by atoms with van der Waals surface area (Å²) in [6.07, 6.45) is -3.20.